The molecule has 0 spiro atoms. The van der Waals surface area contributed by atoms with E-state index in [0.29, 0.717) is 6.54 Å². The highest BCUT2D eigenvalue weighted by Crippen LogP contribution is 2.35. The van der Waals surface area contributed by atoms with Gasteiger partial charge in [-0.15, -0.1) is 0 Å². The summed E-state index contributed by atoms with van der Waals surface area (Å²) < 4.78 is 5.95. The molecular formula is C20H16N2O. The normalized spacial score (nSPS) is 11.0. The van der Waals surface area contributed by atoms with Crippen LogP contribution in [0.5, 0.6) is 0 Å². The summed E-state index contributed by atoms with van der Waals surface area (Å²) in [5.41, 5.74) is 11.1. The summed E-state index contributed by atoms with van der Waals surface area (Å²) in [6.07, 6.45) is 3.59. The molecule has 112 valence electrons. The Labute approximate surface area is 134 Å². The number of hydrogen-bond donors (Lipinski definition) is 1. The van der Waals surface area contributed by atoms with Crippen LogP contribution in [0.2, 0.25) is 0 Å². The largest absolute Gasteiger partial charge is 0.459 e. The number of hydrogen-bond acceptors (Lipinski definition) is 3. The average Bonchev–Trinajstić information content (AvgIpc) is 3.05. The van der Waals surface area contributed by atoms with E-state index < -0.39 is 0 Å². The molecule has 0 saturated carbocycles. The van der Waals surface area contributed by atoms with Crippen molar-refractivity contribution in [3.63, 3.8) is 0 Å². The smallest absolute Gasteiger partial charge is 0.142 e. The van der Waals surface area contributed by atoms with Gasteiger partial charge in [0.15, 0.2) is 0 Å². The Bertz CT molecular complexity index is 943. The zero-order valence-electron chi connectivity index (χ0n) is 12.6. The predicted octanol–water partition coefficient (Wildman–Crippen LogP) is 4.62. The molecule has 4 aromatic rings. The van der Waals surface area contributed by atoms with Gasteiger partial charge in [0.25, 0.3) is 0 Å². The molecule has 0 saturated heterocycles. The van der Waals surface area contributed by atoms with Crippen LogP contribution in [0.25, 0.3) is 33.2 Å². The fraction of sp³-hybridized carbons (Fsp3) is 0.0500. The lowest BCUT2D eigenvalue weighted by Crippen LogP contribution is -1.92. The van der Waals surface area contributed by atoms with E-state index in [-0.39, 0.29) is 0 Å². The molecule has 3 nitrogen and oxygen atoms in total. The SMILES string of the molecule is NCc1cc2cc(-c3ccccc3)cc(-c3ccncc3)c2o1. The maximum absolute atomic E-state index is 5.95. The molecule has 0 amide bonds. The van der Waals surface area contributed by atoms with Gasteiger partial charge in [0.2, 0.25) is 0 Å². The number of pyridine rings is 1. The zero-order chi connectivity index (χ0) is 15.6. The van der Waals surface area contributed by atoms with Crippen LogP contribution in [0.15, 0.2) is 77.5 Å². The van der Waals surface area contributed by atoms with Crippen molar-refractivity contribution >= 4 is 11.0 Å². The fourth-order valence-corrected chi connectivity index (χ4v) is 2.85. The lowest BCUT2D eigenvalue weighted by atomic mass is 9.97. The summed E-state index contributed by atoms with van der Waals surface area (Å²) in [5, 5.41) is 1.07. The van der Waals surface area contributed by atoms with Gasteiger partial charge in [0, 0.05) is 23.3 Å². The molecule has 0 atom stereocenters. The van der Waals surface area contributed by atoms with Crippen LogP contribution < -0.4 is 5.73 Å². The third-order valence-electron chi connectivity index (χ3n) is 3.97. The number of rotatable bonds is 3. The first kappa shape index (κ1) is 13.7. The maximum atomic E-state index is 5.95. The summed E-state index contributed by atoms with van der Waals surface area (Å²) in [6.45, 7) is 0.394. The Morgan fingerprint density at radius 2 is 1.61 bits per heavy atom. The first-order valence-electron chi connectivity index (χ1n) is 7.57. The predicted molar refractivity (Wildman–Crippen MR) is 92.8 cm³/mol. The van der Waals surface area contributed by atoms with Crippen LogP contribution in [0.3, 0.4) is 0 Å². The van der Waals surface area contributed by atoms with Crippen LogP contribution >= 0.6 is 0 Å². The number of aromatic nitrogens is 1. The van der Waals surface area contributed by atoms with Gasteiger partial charge < -0.3 is 10.2 Å². The van der Waals surface area contributed by atoms with Gasteiger partial charge in [-0.05, 0) is 47.0 Å². The van der Waals surface area contributed by atoms with E-state index >= 15 is 0 Å². The van der Waals surface area contributed by atoms with Crippen LogP contribution in [0.1, 0.15) is 5.76 Å². The highest BCUT2D eigenvalue weighted by Gasteiger charge is 2.12. The van der Waals surface area contributed by atoms with Crippen LogP contribution in [-0.2, 0) is 6.54 Å². The molecule has 2 aromatic carbocycles. The highest BCUT2D eigenvalue weighted by molar-refractivity contribution is 5.96. The topological polar surface area (TPSA) is 52.0 Å². The van der Waals surface area contributed by atoms with Gasteiger partial charge in [-0.1, -0.05) is 30.3 Å². The first-order valence-corrected chi connectivity index (χ1v) is 7.57. The molecule has 2 aromatic heterocycles. The Hall–Kier alpha value is -2.91. The molecule has 0 aliphatic carbocycles. The summed E-state index contributed by atoms with van der Waals surface area (Å²) in [7, 11) is 0. The molecule has 3 heteroatoms. The third-order valence-corrected chi connectivity index (χ3v) is 3.97. The lowest BCUT2D eigenvalue weighted by Gasteiger charge is -2.07. The minimum absolute atomic E-state index is 0.394. The number of nitrogens with zero attached hydrogens (tertiary/aromatic N) is 1. The second-order valence-corrected chi connectivity index (χ2v) is 5.46. The molecule has 23 heavy (non-hydrogen) atoms. The monoisotopic (exact) mass is 300 g/mol. The maximum Gasteiger partial charge on any atom is 0.142 e. The van der Waals surface area contributed by atoms with Crippen LogP contribution in [0.4, 0.5) is 0 Å². The van der Waals surface area contributed by atoms with Gasteiger partial charge in [-0.3, -0.25) is 4.98 Å². The Kier molecular flexibility index (Phi) is 3.41. The van der Waals surface area contributed by atoms with Crippen molar-refractivity contribution in [3.05, 3.63) is 78.8 Å². The minimum Gasteiger partial charge on any atom is -0.459 e. The third kappa shape index (κ3) is 2.51. The molecule has 0 bridgehead atoms. The summed E-state index contributed by atoms with van der Waals surface area (Å²) in [6, 6.07) is 20.7. The van der Waals surface area contributed by atoms with Crippen molar-refractivity contribution in [2.24, 2.45) is 5.73 Å². The molecule has 4 rings (SSSR count). The van der Waals surface area contributed by atoms with E-state index in [0.717, 1.165) is 33.4 Å². The van der Waals surface area contributed by atoms with Crippen molar-refractivity contribution in [2.45, 2.75) is 6.54 Å². The van der Waals surface area contributed by atoms with E-state index in [9.17, 15) is 0 Å². The number of fused-ring (bicyclic) bond motifs is 1. The van der Waals surface area contributed by atoms with Crippen molar-refractivity contribution in [1.29, 1.82) is 0 Å². The van der Waals surface area contributed by atoms with Gasteiger partial charge in [-0.25, -0.2) is 0 Å². The van der Waals surface area contributed by atoms with E-state index in [1.54, 1.807) is 12.4 Å². The lowest BCUT2D eigenvalue weighted by molar-refractivity contribution is 0.553. The van der Waals surface area contributed by atoms with Crippen molar-refractivity contribution in [1.82, 2.24) is 4.98 Å². The molecule has 0 aliphatic heterocycles. The number of nitrogens with two attached hydrogens (primary N) is 1. The van der Waals surface area contributed by atoms with E-state index in [1.807, 2.05) is 36.4 Å². The fourth-order valence-electron chi connectivity index (χ4n) is 2.85. The van der Waals surface area contributed by atoms with Gasteiger partial charge in [0.1, 0.15) is 11.3 Å². The van der Waals surface area contributed by atoms with E-state index in [1.165, 1.54) is 5.56 Å². The van der Waals surface area contributed by atoms with Crippen LogP contribution in [0, 0.1) is 0 Å². The molecule has 0 unspecified atom stereocenters. The molecule has 2 N–H and O–H groups in total. The van der Waals surface area contributed by atoms with Crippen molar-refractivity contribution in [3.8, 4) is 22.3 Å². The summed E-state index contributed by atoms with van der Waals surface area (Å²) >= 11 is 0. The van der Waals surface area contributed by atoms with Crippen molar-refractivity contribution < 1.29 is 4.42 Å². The standard InChI is InChI=1S/C20H16N2O/c21-13-18-11-17-10-16(14-4-2-1-3-5-14)12-19(20(17)23-18)15-6-8-22-9-7-15/h1-12H,13,21H2. The van der Waals surface area contributed by atoms with Gasteiger partial charge in [-0.2, -0.15) is 0 Å². The van der Waals surface area contributed by atoms with E-state index in [2.05, 4.69) is 29.2 Å². The quantitative estimate of drug-likeness (QED) is 0.600. The van der Waals surface area contributed by atoms with Crippen LogP contribution in [-0.4, -0.2) is 4.98 Å². The second-order valence-electron chi connectivity index (χ2n) is 5.46. The number of furan rings is 1. The summed E-state index contributed by atoms with van der Waals surface area (Å²) in [4.78, 5) is 4.10. The zero-order valence-corrected chi connectivity index (χ0v) is 12.6. The molecule has 0 aliphatic rings. The van der Waals surface area contributed by atoms with Gasteiger partial charge >= 0.3 is 0 Å². The molecular weight excluding hydrogens is 284 g/mol. The second kappa shape index (κ2) is 5.71. The highest BCUT2D eigenvalue weighted by atomic mass is 16.3. The average molecular weight is 300 g/mol. The molecule has 0 radical (unpaired) electrons. The summed E-state index contributed by atoms with van der Waals surface area (Å²) in [5.74, 6) is 0.792. The Balaban J connectivity index is 2.00. The van der Waals surface area contributed by atoms with Gasteiger partial charge in [0.05, 0.1) is 6.54 Å². The Morgan fingerprint density at radius 3 is 2.35 bits per heavy atom. The first-order chi connectivity index (χ1) is 11.3. The number of benzene rings is 2. The Morgan fingerprint density at radius 1 is 0.826 bits per heavy atom. The molecule has 2 heterocycles. The molecule has 0 fully saturated rings. The van der Waals surface area contributed by atoms with Crippen molar-refractivity contribution in [2.75, 3.05) is 0 Å². The van der Waals surface area contributed by atoms with E-state index in [4.69, 9.17) is 10.2 Å². The minimum atomic E-state index is 0.394.